The Bertz CT molecular complexity index is 1100. The molecule has 3 aromatic rings. The minimum absolute atomic E-state index is 0.169. The number of halogens is 3. The van der Waals surface area contributed by atoms with E-state index in [0.717, 1.165) is 0 Å². The van der Waals surface area contributed by atoms with Crippen LogP contribution in [0.5, 0.6) is 5.75 Å². The summed E-state index contributed by atoms with van der Waals surface area (Å²) in [5.74, 6) is -2.24. The number of amides is 1. The smallest absolute Gasteiger partial charge is 0.471 e. The van der Waals surface area contributed by atoms with Crippen LogP contribution in [-0.4, -0.2) is 27.7 Å². The SMILES string of the molecule is COc1ccccc1-n1ccc(C)c(C(=O)NCc2noc(C(F)(F)F)n2)c1=O. The van der Waals surface area contributed by atoms with Gasteiger partial charge in [0.1, 0.15) is 11.3 Å². The third kappa shape index (κ3) is 4.13. The van der Waals surface area contributed by atoms with Crippen molar-refractivity contribution in [2.45, 2.75) is 19.6 Å². The molecule has 29 heavy (non-hydrogen) atoms. The number of alkyl halides is 3. The van der Waals surface area contributed by atoms with Crippen LogP contribution in [-0.2, 0) is 12.7 Å². The Kier molecular flexibility index (Phi) is 5.39. The molecule has 3 rings (SSSR count). The zero-order valence-electron chi connectivity index (χ0n) is 15.3. The molecular weight excluding hydrogens is 393 g/mol. The van der Waals surface area contributed by atoms with Crippen LogP contribution < -0.4 is 15.6 Å². The van der Waals surface area contributed by atoms with Crippen LogP contribution in [0.1, 0.15) is 27.6 Å². The molecular formula is C18H15F3N4O4. The first kappa shape index (κ1) is 20.1. The zero-order valence-corrected chi connectivity index (χ0v) is 15.3. The minimum Gasteiger partial charge on any atom is -0.495 e. The normalized spacial score (nSPS) is 11.3. The summed E-state index contributed by atoms with van der Waals surface area (Å²) >= 11 is 0. The number of carbonyl (C=O) groups is 1. The van der Waals surface area contributed by atoms with Gasteiger partial charge in [0, 0.05) is 6.20 Å². The summed E-state index contributed by atoms with van der Waals surface area (Å²) < 4.78 is 48.1. The van der Waals surface area contributed by atoms with E-state index in [2.05, 4.69) is 20.0 Å². The summed E-state index contributed by atoms with van der Waals surface area (Å²) in [4.78, 5) is 28.6. The maximum Gasteiger partial charge on any atom is 0.471 e. The van der Waals surface area contributed by atoms with Crippen molar-refractivity contribution in [3.05, 3.63) is 69.7 Å². The van der Waals surface area contributed by atoms with E-state index in [1.165, 1.54) is 17.9 Å². The Morgan fingerprint density at radius 1 is 1.28 bits per heavy atom. The predicted molar refractivity (Wildman–Crippen MR) is 93.8 cm³/mol. The maximum absolute atomic E-state index is 12.9. The van der Waals surface area contributed by atoms with Crippen LogP contribution in [0, 0.1) is 6.92 Å². The number of methoxy groups -OCH3 is 1. The number of nitrogens with zero attached hydrogens (tertiary/aromatic N) is 3. The molecule has 152 valence electrons. The van der Waals surface area contributed by atoms with Gasteiger partial charge in [0.25, 0.3) is 11.5 Å². The number of rotatable bonds is 5. The molecule has 8 nitrogen and oxygen atoms in total. The molecule has 0 aliphatic rings. The zero-order chi connectivity index (χ0) is 21.2. The molecule has 0 atom stereocenters. The van der Waals surface area contributed by atoms with Crippen LogP contribution in [0.15, 0.2) is 45.8 Å². The highest BCUT2D eigenvalue weighted by Gasteiger charge is 2.38. The summed E-state index contributed by atoms with van der Waals surface area (Å²) in [7, 11) is 1.45. The summed E-state index contributed by atoms with van der Waals surface area (Å²) in [6.07, 6.45) is -3.28. The topological polar surface area (TPSA) is 99.2 Å². The van der Waals surface area contributed by atoms with Crippen LogP contribution in [0.2, 0.25) is 0 Å². The number of hydrogen-bond acceptors (Lipinski definition) is 6. The number of carbonyl (C=O) groups excluding carboxylic acids is 1. The lowest BCUT2D eigenvalue weighted by atomic mass is 10.1. The van der Waals surface area contributed by atoms with Gasteiger partial charge < -0.3 is 14.6 Å². The fourth-order valence-corrected chi connectivity index (χ4v) is 2.61. The summed E-state index contributed by atoms with van der Waals surface area (Å²) in [5, 5.41) is 5.49. The molecule has 0 fully saturated rings. The number of benzene rings is 1. The molecule has 0 unspecified atom stereocenters. The third-order valence-electron chi connectivity index (χ3n) is 3.99. The number of nitrogens with one attached hydrogen (secondary N) is 1. The first-order chi connectivity index (χ1) is 13.7. The average Bonchev–Trinajstić information content (AvgIpc) is 3.16. The van der Waals surface area contributed by atoms with Gasteiger partial charge in [-0.2, -0.15) is 18.2 Å². The molecule has 1 aromatic carbocycles. The standard InChI is InChI=1S/C18H15F3N4O4/c1-10-7-8-25(11-5-3-4-6-12(11)28-2)16(27)14(10)15(26)22-9-13-23-17(29-24-13)18(19,20)21/h3-8H,9H2,1-2H3,(H,22,26). The van der Waals surface area contributed by atoms with Crippen molar-refractivity contribution in [1.29, 1.82) is 0 Å². The summed E-state index contributed by atoms with van der Waals surface area (Å²) in [6, 6.07) is 8.32. The van der Waals surface area contributed by atoms with Gasteiger partial charge in [-0.3, -0.25) is 14.2 Å². The minimum atomic E-state index is -4.78. The lowest BCUT2D eigenvalue weighted by Gasteiger charge is -2.13. The van der Waals surface area contributed by atoms with E-state index in [4.69, 9.17) is 4.74 Å². The van der Waals surface area contributed by atoms with Crippen molar-refractivity contribution < 1.29 is 27.2 Å². The first-order valence-electron chi connectivity index (χ1n) is 8.26. The van der Waals surface area contributed by atoms with Gasteiger partial charge in [0.2, 0.25) is 0 Å². The number of hydrogen-bond donors (Lipinski definition) is 1. The molecule has 0 aliphatic heterocycles. The second-order valence-electron chi connectivity index (χ2n) is 5.92. The Morgan fingerprint density at radius 3 is 2.66 bits per heavy atom. The predicted octanol–water partition coefficient (Wildman–Crippen LogP) is 2.49. The molecule has 0 aliphatic carbocycles. The molecule has 11 heteroatoms. The van der Waals surface area contributed by atoms with E-state index in [1.54, 1.807) is 37.3 Å². The second-order valence-corrected chi connectivity index (χ2v) is 5.92. The van der Waals surface area contributed by atoms with Gasteiger partial charge in [-0.15, -0.1) is 0 Å². The van der Waals surface area contributed by atoms with E-state index in [0.29, 0.717) is 17.0 Å². The van der Waals surface area contributed by atoms with Gasteiger partial charge >= 0.3 is 12.1 Å². The average molecular weight is 408 g/mol. The van der Waals surface area contributed by atoms with E-state index in [-0.39, 0.29) is 11.4 Å². The first-order valence-corrected chi connectivity index (χ1v) is 8.26. The number of pyridine rings is 1. The molecule has 0 saturated carbocycles. The maximum atomic E-state index is 12.9. The molecule has 1 amide bonds. The van der Waals surface area contributed by atoms with Gasteiger partial charge in [-0.25, -0.2) is 0 Å². The Morgan fingerprint density at radius 2 is 2.00 bits per heavy atom. The van der Waals surface area contributed by atoms with Gasteiger partial charge in [-0.1, -0.05) is 17.3 Å². The lowest BCUT2D eigenvalue weighted by molar-refractivity contribution is -0.159. The van der Waals surface area contributed by atoms with Gasteiger partial charge in [0.15, 0.2) is 5.82 Å². The third-order valence-corrected chi connectivity index (χ3v) is 3.99. The van der Waals surface area contributed by atoms with Crippen molar-refractivity contribution in [1.82, 2.24) is 20.0 Å². The fraction of sp³-hybridized carbons (Fsp3) is 0.222. The number of para-hydroxylation sites is 2. The number of ether oxygens (including phenoxy) is 1. The highest BCUT2D eigenvalue weighted by Crippen LogP contribution is 2.27. The van der Waals surface area contributed by atoms with Crippen LogP contribution >= 0.6 is 0 Å². The molecule has 2 heterocycles. The monoisotopic (exact) mass is 408 g/mol. The summed E-state index contributed by atoms with van der Waals surface area (Å²) in [6.45, 7) is 1.12. The number of aryl methyl sites for hydroxylation is 1. The van der Waals surface area contributed by atoms with Gasteiger partial charge in [-0.05, 0) is 30.7 Å². The highest BCUT2D eigenvalue weighted by molar-refractivity contribution is 5.95. The lowest BCUT2D eigenvalue weighted by Crippen LogP contribution is -2.33. The van der Waals surface area contributed by atoms with Crippen LogP contribution in [0.3, 0.4) is 0 Å². The molecule has 2 aromatic heterocycles. The van der Waals surface area contributed by atoms with Crippen molar-refractivity contribution in [3.63, 3.8) is 0 Å². The fourth-order valence-electron chi connectivity index (χ4n) is 2.61. The van der Waals surface area contributed by atoms with Crippen LogP contribution in [0.4, 0.5) is 13.2 Å². The van der Waals surface area contributed by atoms with E-state index in [1.807, 2.05) is 0 Å². The summed E-state index contributed by atoms with van der Waals surface area (Å²) in [5.41, 5.74) is 0.0406. The van der Waals surface area contributed by atoms with Crippen molar-refractivity contribution in [2.75, 3.05) is 7.11 Å². The Hall–Kier alpha value is -3.63. The van der Waals surface area contributed by atoms with Crippen molar-refractivity contribution >= 4 is 5.91 Å². The molecule has 0 saturated heterocycles. The number of aromatic nitrogens is 3. The quantitative estimate of drug-likeness (QED) is 0.697. The highest BCUT2D eigenvalue weighted by atomic mass is 19.4. The van der Waals surface area contributed by atoms with Crippen molar-refractivity contribution in [2.24, 2.45) is 0 Å². The second kappa shape index (κ2) is 7.78. The molecule has 1 N–H and O–H groups in total. The molecule has 0 bridgehead atoms. The molecule has 0 radical (unpaired) electrons. The van der Waals surface area contributed by atoms with Crippen LogP contribution in [0.25, 0.3) is 5.69 Å². The van der Waals surface area contributed by atoms with Crippen molar-refractivity contribution in [3.8, 4) is 11.4 Å². The van der Waals surface area contributed by atoms with E-state index in [9.17, 15) is 22.8 Å². The van der Waals surface area contributed by atoms with E-state index < -0.39 is 30.1 Å². The Labute approximate surface area is 161 Å². The van der Waals surface area contributed by atoms with E-state index >= 15 is 0 Å². The Balaban J connectivity index is 1.88. The molecule has 0 spiro atoms. The van der Waals surface area contributed by atoms with Gasteiger partial charge in [0.05, 0.1) is 19.3 Å². The largest absolute Gasteiger partial charge is 0.495 e.